The summed E-state index contributed by atoms with van der Waals surface area (Å²) in [6.45, 7) is 0.261. The molecule has 0 unspecified atom stereocenters. The van der Waals surface area contributed by atoms with Crippen LogP contribution in [0.15, 0.2) is 94.9 Å². The topological polar surface area (TPSA) is 89.0 Å². The lowest BCUT2D eigenvalue weighted by molar-refractivity contribution is 0.0946. The highest BCUT2D eigenvalue weighted by Crippen LogP contribution is 2.20. The summed E-state index contributed by atoms with van der Waals surface area (Å²) in [6, 6.07) is 21.7. The molecule has 2 aromatic heterocycles. The first kappa shape index (κ1) is 18.8. The van der Waals surface area contributed by atoms with Gasteiger partial charge in [-0.3, -0.25) is 9.78 Å². The Balaban J connectivity index is 1.45. The van der Waals surface area contributed by atoms with Crippen LogP contribution in [0, 0.1) is 0 Å². The Kier molecular flexibility index (Phi) is 5.05. The molecule has 0 atom stereocenters. The summed E-state index contributed by atoms with van der Waals surface area (Å²) in [5, 5.41) is 2.80. The number of nitrogens with one attached hydrogen (secondary N) is 1. The SMILES string of the molecule is O=C(NCc1ccc(S(=O)(=O)c2ccccc2)cc1)c1ccc2ncccc2n1. The fourth-order valence-corrected chi connectivity index (χ4v) is 4.16. The number of amides is 1. The van der Waals surface area contributed by atoms with E-state index in [0.29, 0.717) is 11.2 Å². The fraction of sp³-hybridized carbons (Fsp3) is 0.0455. The highest BCUT2D eigenvalue weighted by Gasteiger charge is 2.17. The zero-order valence-corrected chi connectivity index (χ0v) is 16.1. The van der Waals surface area contributed by atoms with Crippen LogP contribution in [-0.2, 0) is 16.4 Å². The molecule has 0 aliphatic carbocycles. The lowest BCUT2D eigenvalue weighted by atomic mass is 10.2. The molecule has 2 heterocycles. The van der Waals surface area contributed by atoms with Gasteiger partial charge < -0.3 is 5.32 Å². The van der Waals surface area contributed by atoms with Crippen molar-refractivity contribution in [1.82, 2.24) is 15.3 Å². The zero-order valence-electron chi connectivity index (χ0n) is 15.3. The Morgan fingerprint density at radius 3 is 2.28 bits per heavy atom. The van der Waals surface area contributed by atoms with E-state index < -0.39 is 9.84 Å². The summed E-state index contributed by atoms with van der Waals surface area (Å²) in [4.78, 5) is 21.3. The van der Waals surface area contributed by atoms with Crippen LogP contribution in [0.1, 0.15) is 16.1 Å². The molecule has 7 heteroatoms. The number of hydrogen-bond acceptors (Lipinski definition) is 5. The van der Waals surface area contributed by atoms with Crippen molar-refractivity contribution in [3.05, 3.63) is 96.3 Å². The largest absolute Gasteiger partial charge is 0.347 e. The van der Waals surface area contributed by atoms with Gasteiger partial charge in [0.1, 0.15) is 5.69 Å². The van der Waals surface area contributed by atoms with E-state index in [9.17, 15) is 13.2 Å². The first-order valence-corrected chi connectivity index (χ1v) is 10.4. The fourth-order valence-electron chi connectivity index (χ4n) is 2.88. The second-order valence-corrected chi connectivity index (χ2v) is 8.33. The normalized spacial score (nSPS) is 11.3. The van der Waals surface area contributed by atoms with Gasteiger partial charge in [-0.15, -0.1) is 0 Å². The number of fused-ring (bicyclic) bond motifs is 1. The molecule has 1 amide bonds. The predicted molar refractivity (Wildman–Crippen MR) is 109 cm³/mol. The molecular formula is C22H17N3O3S. The quantitative estimate of drug-likeness (QED) is 0.552. The molecule has 1 N–H and O–H groups in total. The Labute approximate surface area is 168 Å². The molecule has 0 aliphatic heterocycles. The van der Waals surface area contributed by atoms with Crippen molar-refractivity contribution in [2.75, 3.05) is 0 Å². The Bertz CT molecular complexity index is 1270. The Morgan fingerprint density at radius 1 is 0.793 bits per heavy atom. The van der Waals surface area contributed by atoms with Gasteiger partial charge in [0.25, 0.3) is 5.91 Å². The van der Waals surface area contributed by atoms with E-state index in [2.05, 4.69) is 15.3 Å². The van der Waals surface area contributed by atoms with Gasteiger partial charge in [0.05, 0.1) is 20.8 Å². The van der Waals surface area contributed by atoms with Crippen molar-refractivity contribution in [2.24, 2.45) is 0 Å². The van der Waals surface area contributed by atoms with Crippen molar-refractivity contribution < 1.29 is 13.2 Å². The van der Waals surface area contributed by atoms with Gasteiger partial charge in [-0.05, 0) is 54.1 Å². The number of nitrogens with zero attached hydrogens (tertiary/aromatic N) is 2. The van der Waals surface area contributed by atoms with Crippen LogP contribution < -0.4 is 5.32 Å². The molecule has 0 bridgehead atoms. The molecule has 29 heavy (non-hydrogen) atoms. The number of rotatable bonds is 5. The number of hydrogen-bond donors (Lipinski definition) is 1. The summed E-state index contributed by atoms with van der Waals surface area (Å²) in [5.41, 5.74) is 2.46. The summed E-state index contributed by atoms with van der Waals surface area (Å²) in [5.74, 6) is -0.309. The molecule has 0 saturated carbocycles. The van der Waals surface area contributed by atoms with Gasteiger partial charge in [-0.25, -0.2) is 13.4 Å². The highest BCUT2D eigenvalue weighted by atomic mass is 32.2. The third kappa shape index (κ3) is 4.00. The second kappa shape index (κ2) is 7.81. The van der Waals surface area contributed by atoms with Crippen LogP contribution in [0.3, 0.4) is 0 Å². The van der Waals surface area contributed by atoms with E-state index in [0.717, 1.165) is 11.1 Å². The molecule has 6 nitrogen and oxygen atoms in total. The third-order valence-corrected chi connectivity index (χ3v) is 6.21. The number of benzene rings is 2. The maximum Gasteiger partial charge on any atom is 0.270 e. The maximum atomic E-state index is 12.6. The van der Waals surface area contributed by atoms with Gasteiger partial charge >= 0.3 is 0 Å². The van der Waals surface area contributed by atoms with Gasteiger partial charge in [-0.1, -0.05) is 30.3 Å². The number of carbonyl (C=O) groups is 1. The van der Waals surface area contributed by atoms with E-state index in [1.165, 1.54) is 0 Å². The molecular weight excluding hydrogens is 386 g/mol. The van der Waals surface area contributed by atoms with Crippen LogP contribution in [-0.4, -0.2) is 24.3 Å². The van der Waals surface area contributed by atoms with Crippen LogP contribution >= 0.6 is 0 Å². The van der Waals surface area contributed by atoms with Crippen molar-refractivity contribution in [3.63, 3.8) is 0 Å². The maximum absolute atomic E-state index is 12.6. The monoisotopic (exact) mass is 403 g/mol. The smallest absolute Gasteiger partial charge is 0.270 e. The Morgan fingerprint density at radius 2 is 1.52 bits per heavy atom. The number of aromatic nitrogens is 2. The molecule has 144 valence electrons. The molecule has 0 spiro atoms. The van der Waals surface area contributed by atoms with Crippen LogP contribution in [0.4, 0.5) is 0 Å². The van der Waals surface area contributed by atoms with Crippen LogP contribution in [0.5, 0.6) is 0 Å². The van der Waals surface area contributed by atoms with E-state index in [-0.39, 0.29) is 22.2 Å². The first-order valence-electron chi connectivity index (χ1n) is 8.93. The first-order chi connectivity index (χ1) is 14.0. The van der Waals surface area contributed by atoms with E-state index in [4.69, 9.17) is 0 Å². The predicted octanol–water partition coefficient (Wildman–Crippen LogP) is 3.39. The van der Waals surface area contributed by atoms with Crippen molar-refractivity contribution in [2.45, 2.75) is 16.3 Å². The molecule has 0 saturated heterocycles. The van der Waals surface area contributed by atoms with Crippen LogP contribution in [0.25, 0.3) is 11.0 Å². The van der Waals surface area contributed by atoms with Crippen molar-refractivity contribution in [1.29, 1.82) is 0 Å². The molecule has 2 aromatic carbocycles. The minimum Gasteiger partial charge on any atom is -0.347 e. The number of sulfone groups is 1. The average molecular weight is 403 g/mol. The van der Waals surface area contributed by atoms with Crippen molar-refractivity contribution >= 4 is 26.8 Å². The standard InChI is InChI=1S/C22H17N3O3S/c26-22(21-13-12-19-20(25-21)7-4-14-23-19)24-15-16-8-10-18(11-9-16)29(27,28)17-5-2-1-3-6-17/h1-14H,15H2,(H,24,26). The number of carbonyl (C=O) groups excluding carboxylic acids is 1. The zero-order chi connectivity index (χ0) is 20.3. The summed E-state index contributed by atoms with van der Waals surface area (Å²) in [7, 11) is -3.55. The second-order valence-electron chi connectivity index (χ2n) is 6.38. The minimum absolute atomic E-state index is 0.211. The molecule has 0 aliphatic rings. The average Bonchev–Trinajstić information content (AvgIpc) is 2.78. The van der Waals surface area contributed by atoms with Gasteiger partial charge in [-0.2, -0.15) is 0 Å². The summed E-state index contributed by atoms with van der Waals surface area (Å²) in [6.07, 6.45) is 1.67. The van der Waals surface area contributed by atoms with E-state index >= 15 is 0 Å². The van der Waals surface area contributed by atoms with E-state index in [1.54, 1.807) is 85.1 Å². The van der Waals surface area contributed by atoms with Crippen molar-refractivity contribution in [3.8, 4) is 0 Å². The molecule has 4 aromatic rings. The van der Waals surface area contributed by atoms with Gasteiger partial charge in [0.15, 0.2) is 0 Å². The Hall–Kier alpha value is -3.58. The van der Waals surface area contributed by atoms with Gasteiger partial charge in [0.2, 0.25) is 9.84 Å². The minimum atomic E-state index is -3.55. The molecule has 0 fully saturated rings. The summed E-state index contributed by atoms with van der Waals surface area (Å²) < 4.78 is 25.2. The van der Waals surface area contributed by atoms with E-state index in [1.807, 2.05) is 0 Å². The molecule has 0 radical (unpaired) electrons. The van der Waals surface area contributed by atoms with Gasteiger partial charge in [0, 0.05) is 12.7 Å². The lowest BCUT2D eigenvalue weighted by Gasteiger charge is -2.08. The summed E-state index contributed by atoms with van der Waals surface area (Å²) >= 11 is 0. The molecule has 4 rings (SSSR count). The highest BCUT2D eigenvalue weighted by molar-refractivity contribution is 7.91. The van der Waals surface area contributed by atoms with Crippen LogP contribution in [0.2, 0.25) is 0 Å². The number of pyridine rings is 2. The third-order valence-electron chi connectivity index (χ3n) is 4.43. The lowest BCUT2D eigenvalue weighted by Crippen LogP contribution is -2.23.